The zero-order valence-corrected chi connectivity index (χ0v) is 18.3. The third kappa shape index (κ3) is 5.30. The van der Waals surface area contributed by atoms with Gasteiger partial charge in [0.1, 0.15) is 12.0 Å². The molecule has 4 nitrogen and oxygen atoms in total. The third-order valence-corrected chi connectivity index (χ3v) is 5.40. The Morgan fingerprint density at radius 2 is 1.76 bits per heavy atom. The van der Waals surface area contributed by atoms with Gasteiger partial charge in [-0.15, -0.1) is 13.2 Å². The molecule has 4 rings (SSSR count). The van der Waals surface area contributed by atoms with E-state index in [1.807, 2.05) is 16.8 Å². The number of fused-ring (bicyclic) bond motifs is 1. The fourth-order valence-electron chi connectivity index (χ4n) is 3.61. The van der Waals surface area contributed by atoms with Crippen LogP contribution >= 0.6 is 11.6 Å². The molecule has 0 aliphatic heterocycles. The van der Waals surface area contributed by atoms with Gasteiger partial charge in [-0.3, -0.25) is 4.79 Å². The van der Waals surface area contributed by atoms with Crippen molar-refractivity contribution in [3.63, 3.8) is 0 Å². The van der Waals surface area contributed by atoms with Crippen molar-refractivity contribution < 1.29 is 22.7 Å². The average Bonchev–Trinajstić information content (AvgIpc) is 3.14. The summed E-state index contributed by atoms with van der Waals surface area (Å²) in [5, 5.41) is 11.1. The first kappa shape index (κ1) is 23.1. The maximum absolute atomic E-state index is 12.4. The van der Waals surface area contributed by atoms with E-state index in [2.05, 4.69) is 10.8 Å². The second-order valence-electron chi connectivity index (χ2n) is 7.48. The Morgan fingerprint density at radius 1 is 1.06 bits per heavy atom. The monoisotopic (exact) mass is 480 g/mol. The second-order valence-corrected chi connectivity index (χ2v) is 7.91. The maximum atomic E-state index is 12.4. The Hall–Kier alpha value is -4.02. The van der Waals surface area contributed by atoms with Crippen molar-refractivity contribution in [2.75, 3.05) is 0 Å². The number of ether oxygens (including phenoxy) is 1. The van der Waals surface area contributed by atoms with Crippen LogP contribution in [0.3, 0.4) is 0 Å². The van der Waals surface area contributed by atoms with Crippen molar-refractivity contribution >= 4 is 40.4 Å². The molecule has 0 unspecified atom stereocenters. The molecule has 1 heterocycles. The lowest BCUT2D eigenvalue weighted by molar-refractivity contribution is -0.274. The van der Waals surface area contributed by atoms with E-state index in [9.17, 15) is 23.2 Å². The van der Waals surface area contributed by atoms with Crippen molar-refractivity contribution in [2.24, 2.45) is 0 Å². The van der Waals surface area contributed by atoms with E-state index < -0.39 is 6.36 Å². The van der Waals surface area contributed by atoms with Gasteiger partial charge in [0.25, 0.3) is 0 Å². The van der Waals surface area contributed by atoms with Gasteiger partial charge >= 0.3 is 6.36 Å². The number of rotatable bonds is 6. The molecule has 0 radical (unpaired) electrons. The van der Waals surface area contributed by atoms with Gasteiger partial charge in [0.15, 0.2) is 0 Å². The number of carbonyl (C=O) groups excluding carboxylic acids is 1. The van der Waals surface area contributed by atoms with Crippen LogP contribution in [0.1, 0.15) is 27.0 Å². The van der Waals surface area contributed by atoms with Gasteiger partial charge in [-0.1, -0.05) is 54.1 Å². The van der Waals surface area contributed by atoms with Gasteiger partial charge in [0.2, 0.25) is 0 Å². The molecular formula is C26H16ClF3N2O2. The number of allylic oxidation sites excluding steroid dienone is 1. The van der Waals surface area contributed by atoms with E-state index in [1.54, 1.807) is 54.6 Å². The summed E-state index contributed by atoms with van der Waals surface area (Å²) in [4.78, 5) is 10.9. The number of nitriles is 1. The quantitative estimate of drug-likeness (QED) is 0.218. The smallest absolute Gasteiger partial charge is 0.406 e. The fraction of sp³-hybridized carbons (Fsp3) is 0.0769. The number of hydrogen-bond donors (Lipinski definition) is 0. The Kier molecular flexibility index (Phi) is 6.44. The van der Waals surface area contributed by atoms with E-state index in [-0.39, 0.29) is 5.75 Å². The third-order valence-electron chi connectivity index (χ3n) is 5.16. The number of aromatic nitrogens is 1. The molecule has 8 heteroatoms. The van der Waals surface area contributed by atoms with Crippen LogP contribution in [0, 0.1) is 11.3 Å². The lowest BCUT2D eigenvalue weighted by Crippen LogP contribution is -2.17. The molecule has 170 valence electrons. The van der Waals surface area contributed by atoms with Crippen LogP contribution in [0.15, 0.2) is 72.9 Å². The first-order valence-electron chi connectivity index (χ1n) is 10.1. The number of hydrogen-bond acceptors (Lipinski definition) is 3. The molecule has 1 aromatic heterocycles. The molecule has 4 aromatic rings. The standard InChI is InChI=1S/C26H16ClF3N2O2/c27-22-7-10-24-21(11-20(13-31)19-5-1-18(16-33)2-6-19)15-32(25(24)12-22)14-17-3-8-23(9-4-17)34-26(28,29)30/h1-12,15-16H,14H2/b20-11+. The fourth-order valence-corrected chi connectivity index (χ4v) is 3.78. The first-order chi connectivity index (χ1) is 16.3. The highest BCUT2D eigenvalue weighted by Crippen LogP contribution is 2.30. The highest BCUT2D eigenvalue weighted by Gasteiger charge is 2.30. The van der Waals surface area contributed by atoms with Crippen LogP contribution < -0.4 is 4.74 Å². The van der Waals surface area contributed by atoms with Gasteiger partial charge in [-0.2, -0.15) is 5.26 Å². The van der Waals surface area contributed by atoms with Crippen molar-refractivity contribution in [3.05, 3.63) is 100 Å². The SMILES string of the molecule is N#C/C(=C\c1cn(Cc2ccc(OC(F)(F)F)cc2)c2cc(Cl)ccc12)c1ccc(C=O)cc1. The molecule has 0 aliphatic carbocycles. The minimum Gasteiger partial charge on any atom is -0.406 e. The summed E-state index contributed by atoms with van der Waals surface area (Å²) in [6.07, 6.45) is -0.401. The van der Waals surface area contributed by atoms with Crippen LogP contribution in [0.25, 0.3) is 22.6 Å². The first-order valence-corrected chi connectivity index (χ1v) is 10.4. The Morgan fingerprint density at radius 3 is 2.38 bits per heavy atom. The Bertz CT molecular complexity index is 1410. The number of carbonyl (C=O) groups is 1. The second kappa shape index (κ2) is 9.46. The summed E-state index contributed by atoms with van der Waals surface area (Å²) in [5.74, 6) is -0.292. The molecule has 0 N–H and O–H groups in total. The largest absolute Gasteiger partial charge is 0.573 e. The van der Waals surface area contributed by atoms with Crippen LogP contribution in [-0.2, 0) is 6.54 Å². The Labute approximate surface area is 198 Å². The predicted octanol–water partition coefficient (Wildman–Crippen LogP) is 7.12. The van der Waals surface area contributed by atoms with Crippen molar-refractivity contribution in [1.82, 2.24) is 4.57 Å². The minimum absolute atomic E-state index is 0.292. The van der Waals surface area contributed by atoms with Crippen LogP contribution in [0.5, 0.6) is 5.75 Å². The predicted molar refractivity (Wildman–Crippen MR) is 124 cm³/mol. The van der Waals surface area contributed by atoms with Gasteiger partial charge < -0.3 is 9.30 Å². The molecule has 0 spiro atoms. The van der Waals surface area contributed by atoms with E-state index in [0.29, 0.717) is 28.3 Å². The van der Waals surface area contributed by atoms with Crippen LogP contribution in [0.2, 0.25) is 5.02 Å². The Balaban J connectivity index is 1.70. The molecular weight excluding hydrogens is 465 g/mol. The summed E-state index contributed by atoms with van der Waals surface area (Å²) in [6.45, 7) is 0.368. The minimum atomic E-state index is -4.75. The number of halogens is 4. The topological polar surface area (TPSA) is 55.0 Å². The van der Waals surface area contributed by atoms with E-state index >= 15 is 0 Å². The molecule has 0 saturated carbocycles. The average molecular weight is 481 g/mol. The summed E-state index contributed by atoms with van der Waals surface area (Å²) in [5.41, 5.74) is 3.94. The summed E-state index contributed by atoms with van der Waals surface area (Å²) in [6, 6.07) is 19.9. The lowest BCUT2D eigenvalue weighted by atomic mass is 10.0. The molecule has 3 aromatic carbocycles. The van der Waals surface area contributed by atoms with Gasteiger partial charge in [-0.25, -0.2) is 0 Å². The number of alkyl halides is 3. The molecule has 0 atom stereocenters. The lowest BCUT2D eigenvalue weighted by Gasteiger charge is -2.10. The van der Waals surface area contributed by atoms with E-state index in [1.165, 1.54) is 12.1 Å². The summed E-state index contributed by atoms with van der Waals surface area (Å²) >= 11 is 6.21. The van der Waals surface area contributed by atoms with Crippen molar-refractivity contribution in [3.8, 4) is 11.8 Å². The van der Waals surface area contributed by atoms with Gasteiger partial charge in [-0.05, 0) is 41.5 Å². The molecule has 0 amide bonds. The maximum Gasteiger partial charge on any atom is 0.573 e. The normalized spacial score (nSPS) is 11.9. The summed E-state index contributed by atoms with van der Waals surface area (Å²) < 4.78 is 43.1. The number of benzene rings is 3. The molecule has 0 aliphatic rings. The van der Waals surface area contributed by atoms with E-state index in [4.69, 9.17) is 11.6 Å². The number of aldehydes is 1. The molecule has 0 bridgehead atoms. The van der Waals surface area contributed by atoms with Gasteiger partial charge in [0.05, 0.1) is 17.2 Å². The van der Waals surface area contributed by atoms with Gasteiger partial charge in [0, 0.05) is 34.3 Å². The van der Waals surface area contributed by atoms with Crippen molar-refractivity contribution in [2.45, 2.75) is 12.9 Å². The molecule has 34 heavy (non-hydrogen) atoms. The highest BCUT2D eigenvalue weighted by molar-refractivity contribution is 6.31. The van der Waals surface area contributed by atoms with Crippen LogP contribution in [-0.4, -0.2) is 17.2 Å². The van der Waals surface area contributed by atoms with Crippen molar-refractivity contribution in [1.29, 1.82) is 5.26 Å². The zero-order valence-electron chi connectivity index (χ0n) is 17.5. The number of nitrogens with zero attached hydrogens (tertiary/aromatic N) is 2. The van der Waals surface area contributed by atoms with E-state index in [0.717, 1.165) is 28.3 Å². The molecule has 0 fully saturated rings. The highest BCUT2D eigenvalue weighted by atomic mass is 35.5. The zero-order chi connectivity index (χ0) is 24.3. The molecule has 0 saturated heterocycles. The summed E-state index contributed by atoms with van der Waals surface area (Å²) in [7, 11) is 0. The van der Waals surface area contributed by atoms with Crippen LogP contribution in [0.4, 0.5) is 13.2 Å².